The Labute approximate surface area is 74.7 Å². The zero-order valence-electron chi connectivity index (χ0n) is 8.31. The van der Waals surface area contributed by atoms with Crippen molar-refractivity contribution >= 4 is 0 Å². The van der Waals surface area contributed by atoms with Gasteiger partial charge in [-0.15, -0.1) is 0 Å². The molecule has 2 nitrogen and oxygen atoms in total. The molecule has 1 saturated heterocycles. The second-order valence-electron chi connectivity index (χ2n) is 5.19. The smallest absolute Gasteiger partial charge is 0.119 e. The third kappa shape index (κ3) is 1.50. The van der Waals surface area contributed by atoms with Gasteiger partial charge in [-0.1, -0.05) is 13.8 Å². The molecular formula is C10H19NO. The molecule has 1 heterocycles. The quantitative estimate of drug-likeness (QED) is 0.646. The summed E-state index contributed by atoms with van der Waals surface area (Å²) < 4.78 is 5.89. The normalized spacial score (nSPS) is 41.2. The van der Waals surface area contributed by atoms with Crippen LogP contribution in [-0.4, -0.2) is 18.9 Å². The van der Waals surface area contributed by atoms with Gasteiger partial charge in [0.2, 0.25) is 0 Å². The van der Waals surface area contributed by atoms with E-state index in [4.69, 9.17) is 4.74 Å². The second kappa shape index (κ2) is 2.46. The van der Waals surface area contributed by atoms with Crippen LogP contribution in [0.1, 0.15) is 33.6 Å². The molecule has 0 aromatic rings. The maximum absolute atomic E-state index is 5.89. The largest absolute Gasteiger partial charge is 0.360 e. The van der Waals surface area contributed by atoms with Crippen molar-refractivity contribution in [3.8, 4) is 0 Å². The fourth-order valence-electron chi connectivity index (χ4n) is 1.76. The summed E-state index contributed by atoms with van der Waals surface area (Å²) in [6.45, 7) is 8.66. The summed E-state index contributed by atoms with van der Waals surface area (Å²) in [6.07, 6.45) is 2.67. The summed E-state index contributed by atoms with van der Waals surface area (Å²) in [6, 6.07) is 0. The summed E-state index contributed by atoms with van der Waals surface area (Å²) in [5, 5.41) is 3.53. The number of nitrogens with one attached hydrogen (secondary N) is 1. The third-order valence-electron chi connectivity index (χ3n) is 3.04. The van der Waals surface area contributed by atoms with Gasteiger partial charge in [0.15, 0.2) is 0 Å². The average Bonchev–Trinajstić information content (AvgIpc) is 2.78. The molecule has 1 N–H and O–H groups in total. The van der Waals surface area contributed by atoms with E-state index >= 15 is 0 Å². The Balaban J connectivity index is 1.96. The van der Waals surface area contributed by atoms with E-state index in [1.807, 2.05) is 0 Å². The monoisotopic (exact) mass is 169 g/mol. The minimum Gasteiger partial charge on any atom is -0.360 e. The lowest BCUT2D eigenvalue weighted by Crippen LogP contribution is -2.57. The van der Waals surface area contributed by atoms with Gasteiger partial charge in [0, 0.05) is 17.9 Å². The Morgan fingerprint density at radius 1 is 1.25 bits per heavy atom. The molecule has 0 amide bonds. The molecule has 12 heavy (non-hydrogen) atoms. The van der Waals surface area contributed by atoms with Crippen molar-refractivity contribution in [2.75, 3.05) is 13.2 Å². The standard InChI is InChI=1S/C10H19NO/c1-9(2)6-11-10(3,12-7-9)8-4-5-8/h8,11H,4-7H2,1-3H3. The van der Waals surface area contributed by atoms with Gasteiger partial charge in [0.25, 0.3) is 0 Å². The van der Waals surface area contributed by atoms with Crippen molar-refractivity contribution in [3.05, 3.63) is 0 Å². The number of hydrogen-bond acceptors (Lipinski definition) is 2. The van der Waals surface area contributed by atoms with Gasteiger partial charge >= 0.3 is 0 Å². The Hall–Kier alpha value is -0.0800. The Bertz CT molecular complexity index is 174. The SMILES string of the molecule is CC1(C)CNC(C)(C2CC2)OC1. The van der Waals surface area contributed by atoms with Crippen molar-refractivity contribution < 1.29 is 4.74 Å². The first-order valence-corrected chi connectivity index (χ1v) is 4.91. The van der Waals surface area contributed by atoms with E-state index in [1.165, 1.54) is 12.8 Å². The molecule has 1 aliphatic carbocycles. The highest BCUT2D eigenvalue weighted by molar-refractivity contribution is 4.95. The van der Waals surface area contributed by atoms with Crippen LogP contribution in [0.3, 0.4) is 0 Å². The summed E-state index contributed by atoms with van der Waals surface area (Å²) in [5.74, 6) is 0.772. The molecule has 2 heteroatoms. The van der Waals surface area contributed by atoms with Crippen LogP contribution in [0.15, 0.2) is 0 Å². The van der Waals surface area contributed by atoms with Crippen molar-refractivity contribution in [2.24, 2.45) is 11.3 Å². The number of hydrogen-bond donors (Lipinski definition) is 1. The molecule has 1 saturated carbocycles. The van der Waals surface area contributed by atoms with Crippen LogP contribution in [0.25, 0.3) is 0 Å². The van der Waals surface area contributed by atoms with Crippen LogP contribution in [-0.2, 0) is 4.74 Å². The zero-order valence-corrected chi connectivity index (χ0v) is 8.31. The van der Waals surface area contributed by atoms with Gasteiger partial charge < -0.3 is 4.74 Å². The first-order chi connectivity index (χ1) is 5.52. The third-order valence-corrected chi connectivity index (χ3v) is 3.04. The lowest BCUT2D eigenvalue weighted by atomic mass is 9.91. The highest BCUT2D eigenvalue weighted by atomic mass is 16.5. The summed E-state index contributed by atoms with van der Waals surface area (Å²) in [5.41, 5.74) is 0.309. The fraction of sp³-hybridized carbons (Fsp3) is 1.00. The highest BCUT2D eigenvalue weighted by Crippen LogP contribution is 2.42. The van der Waals surface area contributed by atoms with E-state index in [2.05, 4.69) is 26.1 Å². The predicted octanol–water partition coefficient (Wildman–Crippen LogP) is 1.76. The van der Waals surface area contributed by atoms with E-state index in [0.29, 0.717) is 5.41 Å². The molecule has 1 atom stereocenters. The van der Waals surface area contributed by atoms with E-state index < -0.39 is 0 Å². The minimum absolute atomic E-state index is 0.00444. The molecule has 0 bridgehead atoms. The number of rotatable bonds is 1. The van der Waals surface area contributed by atoms with Crippen LogP contribution < -0.4 is 5.32 Å². The van der Waals surface area contributed by atoms with Crippen LogP contribution >= 0.6 is 0 Å². The molecular weight excluding hydrogens is 150 g/mol. The molecule has 2 aliphatic rings. The average molecular weight is 169 g/mol. The van der Waals surface area contributed by atoms with Gasteiger partial charge in [-0.3, -0.25) is 5.32 Å². The maximum atomic E-state index is 5.89. The molecule has 1 unspecified atom stereocenters. The lowest BCUT2D eigenvalue weighted by molar-refractivity contribution is -0.138. The van der Waals surface area contributed by atoms with Crippen molar-refractivity contribution in [2.45, 2.75) is 39.3 Å². The summed E-state index contributed by atoms with van der Waals surface area (Å²) >= 11 is 0. The van der Waals surface area contributed by atoms with Gasteiger partial charge in [-0.2, -0.15) is 0 Å². The molecule has 0 radical (unpaired) electrons. The second-order valence-corrected chi connectivity index (χ2v) is 5.19. The Morgan fingerprint density at radius 2 is 1.92 bits per heavy atom. The van der Waals surface area contributed by atoms with Crippen LogP contribution in [0.4, 0.5) is 0 Å². The molecule has 0 aromatic heterocycles. The summed E-state index contributed by atoms with van der Waals surface area (Å²) in [7, 11) is 0. The van der Waals surface area contributed by atoms with E-state index in [-0.39, 0.29) is 5.72 Å². The van der Waals surface area contributed by atoms with Crippen molar-refractivity contribution in [1.82, 2.24) is 5.32 Å². The van der Waals surface area contributed by atoms with E-state index in [1.54, 1.807) is 0 Å². The lowest BCUT2D eigenvalue weighted by Gasteiger charge is -2.42. The molecule has 70 valence electrons. The highest BCUT2D eigenvalue weighted by Gasteiger charge is 2.46. The molecule has 1 aliphatic heterocycles. The Kier molecular flexibility index (Phi) is 1.74. The number of ether oxygens (including phenoxy) is 1. The molecule has 0 aromatic carbocycles. The maximum Gasteiger partial charge on any atom is 0.119 e. The van der Waals surface area contributed by atoms with Crippen molar-refractivity contribution in [3.63, 3.8) is 0 Å². The zero-order chi connectivity index (χ0) is 8.82. The molecule has 2 fully saturated rings. The van der Waals surface area contributed by atoms with Gasteiger partial charge in [0.1, 0.15) is 5.72 Å². The van der Waals surface area contributed by atoms with Crippen LogP contribution in [0.5, 0.6) is 0 Å². The fourth-order valence-corrected chi connectivity index (χ4v) is 1.76. The minimum atomic E-state index is -0.00444. The van der Waals surface area contributed by atoms with Gasteiger partial charge in [0.05, 0.1) is 6.61 Å². The van der Waals surface area contributed by atoms with Gasteiger partial charge in [-0.25, -0.2) is 0 Å². The summed E-state index contributed by atoms with van der Waals surface area (Å²) in [4.78, 5) is 0. The van der Waals surface area contributed by atoms with Crippen LogP contribution in [0, 0.1) is 11.3 Å². The van der Waals surface area contributed by atoms with Crippen LogP contribution in [0.2, 0.25) is 0 Å². The van der Waals surface area contributed by atoms with Crippen molar-refractivity contribution in [1.29, 1.82) is 0 Å². The van der Waals surface area contributed by atoms with Gasteiger partial charge in [-0.05, 0) is 19.8 Å². The van der Waals surface area contributed by atoms with E-state index in [0.717, 1.165) is 19.1 Å². The first-order valence-electron chi connectivity index (χ1n) is 4.91. The Morgan fingerprint density at radius 3 is 2.33 bits per heavy atom. The predicted molar refractivity (Wildman–Crippen MR) is 48.9 cm³/mol. The molecule has 2 rings (SSSR count). The first kappa shape index (κ1) is 8.52. The topological polar surface area (TPSA) is 21.3 Å². The van der Waals surface area contributed by atoms with E-state index in [9.17, 15) is 0 Å². The molecule has 0 spiro atoms.